The molecule has 1 aliphatic carbocycles. The van der Waals surface area contributed by atoms with E-state index >= 15 is 0 Å². The van der Waals surface area contributed by atoms with Gasteiger partial charge in [0, 0.05) is 11.1 Å². The van der Waals surface area contributed by atoms with Crippen LogP contribution in [-0.2, 0) is 0 Å². The Morgan fingerprint density at radius 2 is 2.11 bits per heavy atom. The molecule has 2 heterocycles. The molecule has 0 unspecified atom stereocenters. The van der Waals surface area contributed by atoms with E-state index in [1.54, 1.807) is 6.07 Å². The zero-order valence-corrected chi connectivity index (χ0v) is 9.32. The van der Waals surface area contributed by atoms with E-state index in [0.717, 1.165) is 11.1 Å². The van der Waals surface area contributed by atoms with Gasteiger partial charge >= 0.3 is 0 Å². The van der Waals surface area contributed by atoms with Gasteiger partial charge < -0.3 is 0 Å². The molecular formula is C11H6N6O. The number of aryl methyl sites for hydroxylation is 1. The highest BCUT2D eigenvalue weighted by Gasteiger charge is 2.32. The number of benzene rings is 1. The molecule has 1 aliphatic rings. The van der Waals surface area contributed by atoms with Gasteiger partial charge in [0.25, 0.3) is 5.78 Å². The largest absolute Gasteiger partial charge is 0.292 e. The third kappa shape index (κ3) is 0.981. The van der Waals surface area contributed by atoms with Crippen molar-refractivity contribution in [3.63, 3.8) is 0 Å². The van der Waals surface area contributed by atoms with Crippen LogP contribution < -0.4 is 0 Å². The van der Waals surface area contributed by atoms with Crippen molar-refractivity contribution < 1.29 is 4.79 Å². The molecule has 0 radical (unpaired) electrons. The summed E-state index contributed by atoms with van der Waals surface area (Å²) in [4.78, 5) is 16.4. The summed E-state index contributed by atoms with van der Waals surface area (Å²) in [5.74, 6) is 0.106. The fraction of sp³-hybridized carbons (Fsp3) is 0.0909. The number of fused-ring (bicyclic) bond motifs is 4. The average Bonchev–Trinajstić information content (AvgIpc) is 2.92. The first-order chi connectivity index (χ1) is 8.75. The van der Waals surface area contributed by atoms with Crippen LogP contribution in [0.1, 0.15) is 21.6 Å². The Bertz CT molecular complexity index is 822. The molecule has 1 aromatic carbocycles. The molecule has 0 bridgehead atoms. The van der Waals surface area contributed by atoms with Gasteiger partial charge in [-0.25, -0.2) is 4.98 Å². The van der Waals surface area contributed by atoms with Crippen molar-refractivity contribution in [1.82, 2.24) is 30.2 Å². The van der Waals surface area contributed by atoms with Gasteiger partial charge in [-0.15, -0.1) is 5.10 Å². The second kappa shape index (κ2) is 2.95. The zero-order valence-electron chi connectivity index (χ0n) is 9.32. The molecule has 0 N–H and O–H groups in total. The molecular weight excluding hydrogens is 232 g/mol. The monoisotopic (exact) mass is 238 g/mol. The first-order valence-corrected chi connectivity index (χ1v) is 5.37. The van der Waals surface area contributed by atoms with Crippen LogP contribution in [0.4, 0.5) is 0 Å². The Kier molecular flexibility index (Phi) is 1.53. The number of hydrogen-bond donors (Lipinski definition) is 0. The van der Waals surface area contributed by atoms with E-state index in [0.29, 0.717) is 17.0 Å². The van der Waals surface area contributed by atoms with Crippen molar-refractivity contribution in [3.8, 4) is 11.3 Å². The van der Waals surface area contributed by atoms with Gasteiger partial charge in [-0.3, -0.25) is 4.79 Å². The SMILES string of the molecule is Cc1cccc2c1-c1nn3nnnc3nc1C2=O. The molecule has 3 aromatic rings. The predicted molar refractivity (Wildman–Crippen MR) is 60.0 cm³/mol. The van der Waals surface area contributed by atoms with Crippen molar-refractivity contribution in [2.75, 3.05) is 0 Å². The van der Waals surface area contributed by atoms with Gasteiger partial charge in [0.1, 0.15) is 11.4 Å². The molecule has 2 aromatic heterocycles. The van der Waals surface area contributed by atoms with Crippen molar-refractivity contribution in [3.05, 3.63) is 35.0 Å². The number of carbonyl (C=O) groups is 1. The van der Waals surface area contributed by atoms with Gasteiger partial charge in [-0.1, -0.05) is 27.9 Å². The summed E-state index contributed by atoms with van der Waals surface area (Å²) in [6, 6.07) is 5.57. The lowest BCUT2D eigenvalue weighted by Gasteiger charge is -2.01. The minimum atomic E-state index is -0.123. The van der Waals surface area contributed by atoms with E-state index in [-0.39, 0.29) is 11.6 Å². The predicted octanol–water partition coefficient (Wildman–Crippen LogP) is 0.434. The van der Waals surface area contributed by atoms with Crippen LogP contribution in [0.3, 0.4) is 0 Å². The lowest BCUT2D eigenvalue weighted by molar-refractivity contribution is 0.103. The highest BCUT2D eigenvalue weighted by atomic mass is 16.1. The van der Waals surface area contributed by atoms with E-state index < -0.39 is 0 Å². The fourth-order valence-corrected chi connectivity index (χ4v) is 2.23. The molecule has 7 heteroatoms. The molecule has 0 aliphatic heterocycles. The maximum absolute atomic E-state index is 12.2. The van der Waals surface area contributed by atoms with E-state index in [1.807, 2.05) is 19.1 Å². The van der Waals surface area contributed by atoms with Crippen molar-refractivity contribution in [1.29, 1.82) is 0 Å². The summed E-state index contributed by atoms with van der Waals surface area (Å²) in [5, 5.41) is 15.1. The van der Waals surface area contributed by atoms with Gasteiger partial charge in [0.2, 0.25) is 5.78 Å². The molecule has 0 atom stereocenters. The Labute approximate surface area is 100 Å². The summed E-state index contributed by atoms with van der Waals surface area (Å²) < 4.78 is 1.23. The number of carbonyl (C=O) groups excluding carboxylic acids is 1. The molecule has 18 heavy (non-hydrogen) atoms. The van der Waals surface area contributed by atoms with Crippen LogP contribution in [0.15, 0.2) is 18.2 Å². The van der Waals surface area contributed by atoms with Gasteiger partial charge in [-0.05, 0) is 22.9 Å². The molecule has 7 nitrogen and oxygen atoms in total. The Morgan fingerprint density at radius 3 is 3.00 bits per heavy atom. The van der Waals surface area contributed by atoms with Gasteiger partial charge in [0.05, 0.1) is 0 Å². The first kappa shape index (κ1) is 9.34. The van der Waals surface area contributed by atoms with Crippen molar-refractivity contribution in [2.24, 2.45) is 0 Å². The molecule has 0 spiro atoms. The highest BCUT2D eigenvalue weighted by molar-refractivity contribution is 6.20. The van der Waals surface area contributed by atoms with Crippen molar-refractivity contribution in [2.45, 2.75) is 6.92 Å². The Hall–Kier alpha value is -2.70. The Balaban J connectivity index is 2.17. The minimum absolute atomic E-state index is 0.123. The van der Waals surface area contributed by atoms with Crippen LogP contribution in [0.25, 0.3) is 17.0 Å². The normalized spacial score (nSPS) is 12.8. The standard InChI is InChI=1S/C11H6N6O/c1-5-3-2-4-6-7(5)8-9(10(6)18)12-11-13-15-16-17(11)14-8/h2-4H,1H3. The maximum atomic E-state index is 12.2. The number of nitrogens with zero attached hydrogens (tertiary/aromatic N) is 6. The third-order valence-corrected chi connectivity index (χ3v) is 3.04. The summed E-state index contributed by atoms with van der Waals surface area (Å²) in [7, 11) is 0. The number of rotatable bonds is 0. The van der Waals surface area contributed by atoms with Gasteiger partial charge in [-0.2, -0.15) is 0 Å². The second-order valence-corrected chi connectivity index (χ2v) is 4.10. The summed E-state index contributed by atoms with van der Waals surface area (Å²) in [6.07, 6.45) is 0. The third-order valence-electron chi connectivity index (χ3n) is 3.04. The van der Waals surface area contributed by atoms with Gasteiger partial charge in [0.15, 0.2) is 0 Å². The molecule has 0 fully saturated rings. The second-order valence-electron chi connectivity index (χ2n) is 4.10. The van der Waals surface area contributed by atoms with Crippen LogP contribution in [0.5, 0.6) is 0 Å². The zero-order chi connectivity index (χ0) is 12.3. The van der Waals surface area contributed by atoms with E-state index in [9.17, 15) is 4.79 Å². The van der Waals surface area contributed by atoms with Crippen LogP contribution >= 0.6 is 0 Å². The summed E-state index contributed by atoms with van der Waals surface area (Å²) >= 11 is 0. The van der Waals surface area contributed by atoms with Crippen molar-refractivity contribution >= 4 is 11.6 Å². The number of aromatic nitrogens is 6. The topological polar surface area (TPSA) is 85.9 Å². The van der Waals surface area contributed by atoms with E-state index in [2.05, 4.69) is 25.6 Å². The molecule has 0 saturated heterocycles. The van der Waals surface area contributed by atoms with Crippen LogP contribution in [-0.4, -0.2) is 36.0 Å². The number of ketones is 1. The van der Waals surface area contributed by atoms with E-state index in [4.69, 9.17) is 0 Å². The van der Waals surface area contributed by atoms with Crippen LogP contribution in [0, 0.1) is 6.92 Å². The highest BCUT2D eigenvalue weighted by Crippen LogP contribution is 2.35. The molecule has 0 amide bonds. The molecule has 4 rings (SSSR count). The molecule has 86 valence electrons. The maximum Gasteiger partial charge on any atom is 0.292 e. The first-order valence-electron chi connectivity index (χ1n) is 5.37. The summed E-state index contributed by atoms with van der Waals surface area (Å²) in [5.41, 5.74) is 3.31. The van der Waals surface area contributed by atoms with E-state index in [1.165, 1.54) is 4.63 Å². The fourth-order valence-electron chi connectivity index (χ4n) is 2.23. The number of tetrazole rings is 1. The lowest BCUT2D eigenvalue weighted by Crippen LogP contribution is -2.04. The quantitative estimate of drug-likeness (QED) is 0.441. The molecule has 0 saturated carbocycles. The lowest BCUT2D eigenvalue weighted by atomic mass is 10.0. The number of hydrogen-bond acceptors (Lipinski definition) is 6. The summed E-state index contributed by atoms with van der Waals surface area (Å²) in [6.45, 7) is 1.94. The minimum Gasteiger partial charge on any atom is -0.287 e. The average molecular weight is 238 g/mol. The Morgan fingerprint density at radius 1 is 1.22 bits per heavy atom. The van der Waals surface area contributed by atoms with Crippen LogP contribution in [0.2, 0.25) is 0 Å². The smallest absolute Gasteiger partial charge is 0.287 e.